The fourth-order valence-electron chi connectivity index (χ4n) is 4.37. The van der Waals surface area contributed by atoms with Crippen molar-refractivity contribution >= 4 is 36.0 Å². The van der Waals surface area contributed by atoms with Crippen LogP contribution in [0.4, 0.5) is 0 Å². The highest BCUT2D eigenvalue weighted by atomic mass is 16.6. The van der Waals surface area contributed by atoms with Gasteiger partial charge in [0.05, 0.1) is 6.61 Å². The summed E-state index contributed by atoms with van der Waals surface area (Å²) in [5, 5.41) is 0. The van der Waals surface area contributed by atoms with Gasteiger partial charge in [-0.2, -0.15) is 0 Å². The smallest absolute Gasteiger partial charge is 0.336 e. The predicted molar refractivity (Wildman–Crippen MR) is 201 cm³/mol. The summed E-state index contributed by atoms with van der Waals surface area (Å²) >= 11 is 0. The third kappa shape index (κ3) is 14.2. The van der Waals surface area contributed by atoms with Crippen molar-refractivity contribution in [3.8, 4) is 28.7 Å². The van der Waals surface area contributed by atoms with Gasteiger partial charge in [-0.05, 0) is 116 Å². The molecule has 53 heavy (non-hydrogen) atoms. The number of aryl methyl sites for hydroxylation is 1. The summed E-state index contributed by atoms with van der Waals surface area (Å²) in [5.41, 5.74) is 3.40. The van der Waals surface area contributed by atoms with Gasteiger partial charge in [0, 0.05) is 23.3 Å². The quantitative estimate of drug-likeness (QED) is 0.0430. The molecule has 4 aromatic carbocycles. The molecule has 0 atom stereocenters. The third-order valence-electron chi connectivity index (χ3n) is 7.13. The van der Waals surface area contributed by atoms with E-state index in [0.717, 1.165) is 23.1 Å². The molecular weight excluding hydrogens is 676 g/mol. The Morgan fingerprint density at radius 3 is 1.42 bits per heavy atom. The highest BCUT2D eigenvalue weighted by Gasteiger charge is 2.07. The van der Waals surface area contributed by atoms with Crippen LogP contribution < -0.4 is 18.9 Å². The van der Waals surface area contributed by atoms with Crippen LogP contribution in [0.3, 0.4) is 0 Å². The van der Waals surface area contributed by atoms with E-state index in [-0.39, 0.29) is 19.2 Å². The lowest BCUT2D eigenvalue weighted by atomic mass is 10.1. The van der Waals surface area contributed by atoms with Gasteiger partial charge in [-0.1, -0.05) is 49.6 Å². The first-order chi connectivity index (χ1) is 25.5. The molecule has 0 fully saturated rings. The zero-order chi connectivity index (χ0) is 38.0. The largest absolute Gasteiger partial charge is 0.490 e. The molecule has 0 heterocycles. The van der Waals surface area contributed by atoms with Crippen LogP contribution in [0.5, 0.6) is 28.7 Å². The lowest BCUT2D eigenvalue weighted by molar-refractivity contribution is -0.140. The standard InChI is InChI=1S/C43H40O10/c1-30(2)42(46)49-27-5-6-32-7-9-33(10-8-32)13-25-40(44)52-38-21-17-36(18-22-38)51-37-19-23-39(24-20-37)53-41(45)26-14-34-11-15-35(16-12-34)48-28-29-50-43(47)31(3)4/h7-26H,1,3,5-6,27-29H2,2,4H3/b25-13+,26-14+. The second-order valence-electron chi connectivity index (χ2n) is 11.6. The molecule has 0 saturated carbocycles. The van der Waals surface area contributed by atoms with Gasteiger partial charge >= 0.3 is 23.9 Å². The number of hydrogen-bond donors (Lipinski definition) is 0. The molecule has 272 valence electrons. The van der Waals surface area contributed by atoms with Crippen LogP contribution in [-0.4, -0.2) is 43.7 Å². The van der Waals surface area contributed by atoms with Crippen LogP contribution in [0.25, 0.3) is 12.2 Å². The summed E-state index contributed by atoms with van der Waals surface area (Å²) in [6.07, 6.45) is 7.41. The molecule has 0 aliphatic carbocycles. The zero-order valence-electron chi connectivity index (χ0n) is 29.6. The average Bonchev–Trinajstić information content (AvgIpc) is 3.15. The van der Waals surface area contributed by atoms with Crippen LogP contribution in [0.15, 0.2) is 134 Å². The van der Waals surface area contributed by atoms with E-state index in [1.165, 1.54) is 12.2 Å². The second-order valence-corrected chi connectivity index (χ2v) is 11.6. The third-order valence-corrected chi connectivity index (χ3v) is 7.13. The minimum atomic E-state index is -0.552. The summed E-state index contributed by atoms with van der Waals surface area (Å²) in [6, 6.07) is 27.9. The summed E-state index contributed by atoms with van der Waals surface area (Å²) in [7, 11) is 0. The maximum Gasteiger partial charge on any atom is 0.336 e. The maximum absolute atomic E-state index is 12.4. The minimum absolute atomic E-state index is 0.109. The van der Waals surface area contributed by atoms with Gasteiger partial charge < -0.3 is 28.4 Å². The Bertz CT molecular complexity index is 1790. The van der Waals surface area contributed by atoms with Crippen molar-refractivity contribution in [3.63, 3.8) is 0 Å². The average molecular weight is 717 g/mol. The number of rotatable bonds is 18. The molecule has 4 aromatic rings. The highest BCUT2D eigenvalue weighted by molar-refractivity contribution is 5.89. The molecule has 0 saturated heterocycles. The topological polar surface area (TPSA) is 124 Å². The molecule has 4 rings (SSSR count). The number of esters is 4. The molecule has 0 aromatic heterocycles. The molecule has 10 nitrogen and oxygen atoms in total. The Labute approximate surface area is 308 Å². The van der Waals surface area contributed by atoms with Crippen LogP contribution in [0.2, 0.25) is 0 Å². The molecular formula is C43H40O10. The van der Waals surface area contributed by atoms with Crippen molar-refractivity contribution in [3.05, 3.63) is 150 Å². The Balaban J connectivity index is 1.15. The van der Waals surface area contributed by atoms with Gasteiger partial charge in [0.15, 0.2) is 0 Å². The molecule has 0 aliphatic rings. The Morgan fingerprint density at radius 2 is 0.943 bits per heavy atom. The van der Waals surface area contributed by atoms with Crippen molar-refractivity contribution in [2.45, 2.75) is 26.7 Å². The number of carbonyl (C=O) groups excluding carboxylic acids is 4. The predicted octanol–water partition coefficient (Wildman–Crippen LogP) is 8.27. The Hall–Kier alpha value is -6.68. The normalized spacial score (nSPS) is 10.8. The van der Waals surface area contributed by atoms with Gasteiger partial charge in [0.2, 0.25) is 0 Å². The van der Waals surface area contributed by atoms with E-state index in [4.69, 9.17) is 28.4 Å². The molecule has 10 heteroatoms. The van der Waals surface area contributed by atoms with Crippen LogP contribution in [0, 0.1) is 0 Å². The number of hydrogen-bond acceptors (Lipinski definition) is 10. The molecule has 0 radical (unpaired) electrons. The Morgan fingerprint density at radius 1 is 0.528 bits per heavy atom. The summed E-state index contributed by atoms with van der Waals surface area (Å²) in [5.74, 6) is 0.397. The first-order valence-electron chi connectivity index (χ1n) is 16.7. The lowest BCUT2D eigenvalue weighted by Crippen LogP contribution is -2.12. The van der Waals surface area contributed by atoms with Gasteiger partial charge in [0.1, 0.15) is 42.0 Å². The van der Waals surface area contributed by atoms with Crippen molar-refractivity contribution in [1.29, 1.82) is 0 Å². The molecule has 0 N–H and O–H groups in total. The SMILES string of the molecule is C=C(C)C(=O)OCCCc1ccc(/C=C/C(=O)Oc2ccc(Oc3ccc(OC(=O)/C=C/c4ccc(OCCOC(=O)C(=C)C)cc4)cc3)cc2)cc1. The van der Waals surface area contributed by atoms with E-state index in [1.807, 2.05) is 24.3 Å². The first kappa shape index (κ1) is 39.1. The molecule has 0 amide bonds. The van der Waals surface area contributed by atoms with E-state index in [0.29, 0.717) is 52.9 Å². The molecule has 0 unspecified atom stereocenters. The van der Waals surface area contributed by atoms with Crippen LogP contribution >= 0.6 is 0 Å². The lowest BCUT2D eigenvalue weighted by Gasteiger charge is -2.08. The van der Waals surface area contributed by atoms with Crippen molar-refractivity contribution in [2.24, 2.45) is 0 Å². The van der Waals surface area contributed by atoms with Crippen molar-refractivity contribution in [2.75, 3.05) is 19.8 Å². The van der Waals surface area contributed by atoms with Gasteiger partial charge in [-0.15, -0.1) is 0 Å². The van der Waals surface area contributed by atoms with E-state index < -0.39 is 17.9 Å². The molecule has 0 bridgehead atoms. The summed E-state index contributed by atoms with van der Waals surface area (Å²) in [4.78, 5) is 47.5. The number of ether oxygens (including phenoxy) is 6. The van der Waals surface area contributed by atoms with Gasteiger partial charge in [0.25, 0.3) is 0 Å². The minimum Gasteiger partial charge on any atom is -0.490 e. The number of carbonyl (C=O) groups is 4. The van der Waals surface area contributed by atoms with E-state index >= 15 is 0 Å². The van der Waals surface area contributed by atoms with Crippen molar-refractivity contribution in [1.82, 2.24) is 0 Å². The fraction of sp³-hybridized carbons (Fsp3) is 0.163. The molecule has 0 spiro atoms. The second kappa shape index (κ2) is 20.2. The maximum atomic E-state index is 12.4. The van der Waals surface area contributed by atoms with E-state index in [9.17, 15) is 19.2 Å². The van der Waals surface area contributed by atoms with E-state index in [1.54, 1.807) is 98.8 Å². The molecule has 0 aliphatic heterocycles. The summed E-state index contributed by atoms with van der Waals surface area (Å²) < 4.78 is 32.3. The number of benzene rings is 4. The summed E-state index contributed by atoms with van der Waals surface area (Å²) in [6.45, 7) is 10.9. The highest BCUT2D eigenvalue weighted by Crippen LogP contribution is 2.26. The van der Waals surface area contributed by atoms with Gasteiger partial charge in [-0.3, -0.25) is 0 Å². The Kier molecular flexibility index (Phi) is 14.9. The van der Waals surface area contributed by atoms with Crippen molar-refractivity contribution < 1.29 is 47.6 Å². The first-order valence-corrected chi connectivity index (χ1v) is 16.7. The van der Waals surface area contributed by atoms with Crippen LogP contribution in [-0.2, 0) is 35.1 Å². The fourth-order valence-corrected chi connectivity index (χ4v) is 4.37. The zero-order valence-corrected chi connectivity index (χ0v) is 29.6. The van der Waals surface area contributed by atoms with Crippen LogP contribution in [0.1, 0.15) is 37.0 Å². The van der Waals surface area contributed by atoms with Gasteiger partial charge in [-0.25, -0.2) is 19.2 Å². The monoisotopic (exact) mass is 716 g/mol. The van der Waals surface area contributed by atoms with E-state index in [2.05, 4.69) is 13.2 Å².